The molecule has 1 aromatic carbocycles. The second-order valence-electron chi connectivity index (χ2n) is 8.13. The molecule has 0 fully saturated rings. The van der Waals surface area contributed by atoms with Crippen LogP contribution in [0.3, 0.4) is 0 Å². The van der Waals surface area contributed by atoms with E-state index in [1.165, 1.54) is 5.57 Å². The topological polar surface area (TPSA) is 50.8 Å². The number of ether oxygens (including phenoxy) is 2. The van der Waals surface area contributed by atoms with Crippen LogP contribution < -0.4 is 10.1 Å². The highest BCUT2D eigenvalue weighted by Gasteiger charge is 2.39. The summed E-state index contributed by atoms with van der Waals surface area (Å²) < 4.78 is 11.5. The van der Waals surface area contributed by atoms with Gasteiger partial charge in [0, 0.05) is 18.3 Å². The second kappa shape index (κ2) is 8.23. The maximum atomic E-state index is 12.7. The summed E-state index contributed by atoms with van der Waals surface area (Å²) in [6, 6.07) is 7.09. The largest absolute Gasteiger partial charge is 0.491 e. The van der Waals surface area contributed by atoms with E-state index in [1.807, 2.05) is 19.9 Å². The zero-order chi connectivity index (χ0) is 20.3. The molecule has 0 bridgehead atoms. The fourth-order valence-electron chi connectivity index (χ4n) is 3.55. The van der Waals surface area contributed by atoms with E-state index in [0.29, 0.717) is 11.3 Å². The number of hydrogen-bond acceptors (Lipinski definition) is 5. The fourth-order valence-corrected chi connectivity index (χ4v) is 3.55. The van der Waals surface area contributed by atoms with Gasteiger partial charge in [0.25, 0.3) is 0 Å². The number of rotatable bonds is 7. The highest BCUT2D eigenvalue weighted by molar-refractivity contribution is 5.90. The Hall–Kier alpha value is -2.53. The SMILES string of the molecule is CC(C)Oc1ccc(C(=O)OC2=C3C(CCN(C)C)=CNC3(C)CC=C2)cc1. The average Bonchev–Trinajstić information content (AvgIpc) is 2.97. The number of nitrogens with one attached hydrogen (secondary N) is 1. The van der Waals surface area contributed by atoms with Crippen molar-refractivity contribution in [1.82, 2.24) is 10.2 Å². The Kier molecular flexibility index (Phi) is 5.94. The van der Waals surface area contributed by atoms with Crippen LogP contribution in [0.1, 0.15) is 44.0 Å². The summed E-state index contributed by atoms with van der Waals surface area (Å²) in [5.41, 5.74) is 2.57. The van der Waals surface area contributed by atoms with Crippen LogP contribution in [0.25, 0.3) is 0 Å². The van der Waals surface area contributed by atoms with Crippen molar-refractivity contribution < 1.29 is 14.3 Å². The van der Waals surface area contributed by atoms with Gasteiger partial charge in [-0.15, -0.1) is 0 Å². The van der Waals surface area contributed by atoms with Gasteiger partial charge in [0.15, 0.2) is 0 Å². The summed E-state index contributed by atoms with van der Waals surface area (Å²) in [4.78, 5) is 14.9. The number of carbonyl (C=O) groups excluding carboxylic acids is 1. The Morgan fingerprint density at radius 3 is 2.61 bits per heavy atom. The number of fused-ring (bicyclic) bond motifs is 1. The van der Waals surface area contributed by atoms with Gasteiger partial charge in [0.05, 0.1) is 17.2 Å². The molecule has 1 aromatic rings. The van der Waals surface area contributed by atoms with Crippen LogP contribution in [0.4, 0.5) is 0 Å². The Balaban J connectivity index is 1.79. The molecule has 150 valence electrons. The van der Waals surface area contributed by atoms with Crippen molar-refractivity contribution in [1.29, 1.82) is 0 Å². The Morgan fingerprint density at radius 1 is 1.25 bits per heavy atom. The molecule has 1 heterocycles. The van der Waals surface area contributed by atoms with Crippen molar-refractivity contribution in [3.8, 4) is 5.75 Å². The van der Waals surface area contributed by atoms with Gasteiger partial charge in [-0.1, -0.05) is 6.08 Å². The summed E-state index contributed by atoms with van der Waals surface area (Å²) in [6.45, 7) is 7.03. The third kappa shape index (κ3) is 4.47. The van der Waals surface area contributed by atoms with Gasteiger partial charge in [-0.05, 0) is 83.6 Å². The molecule has 2 aliphatic rings. The summed E-state index contributed by atoms with van der Waals surface area (Å²) in [6.07, 6.45) is 7.91. The number of allylic oxidation sites excluding steroid dienone is 1. The van der Waals surface area contributed by atoms with Gasteiger partial charge in [0.2, 0.25) is 0 Å². The molecule has 0 aromatic heterocycles. The molecule has 1 atom stereocenters. The molecule has 0 saturated carbocycles. The number of carbonyl (C=O) groups is 1. The Labute approximate surface area is 167 Å². The van der Waals surface area contributed by atoms with Crippen LogP contribution >= 0.6 is 0 Å². The van der Waals surface area contributed by atoms with Crippen LogP contribution in [0.5, 0.6) is 5.75 Å². The highest BCUT2D eigenvalue weighted by atomic mass is 16.5. The molecule has 1 N–H and O–H groups in total. The van der Waals surface area contributed by atoms with E-state index in [2.05, 4.69) is 43.5 Å². The van der Waals surface area contributed by atoms with Crippen LogP contribution in [0.15, 0.2) is 59.5 Å². The van der Waals surface area contributed by atoms with Gasteiger partial charge in [-0.25, -0.2) is 4.79 Å². The molecule has 5 heteroatoms. The molecule has 28 heavy (non-hydrogen) atoms. The van der Waals surface area contributed by atoms with Crippen LogP contribution in [-0.4, -0.2) is 43.2 Å². The zero-order valence-corrected chi connectivity index (χ0v) is 17.4. The lowest BCUT2D eigenvalue weighted by Gasteiger charge is -2.31. The highest BCUT2D eigenvalue weighted by Crippen LogP contribution is 2.40. The summed E-state index contributed by atoms with van der Waals surface area (Å²) in [7, 11) is 4.12. The predicted octanol–water partition coefficient (Wildman–Crippen LogP) is 4.04. The summed E-state index contributed by atoms with van der Waals surface area (Å²) >= 11 is 0. The third-order valence-corrected chi connectivity index (χ3v) is 4.97. The molecule has 1 aliphatic heterocycles. The molecule has 0 saturated heterocycles. The van der Waals surface area contributed by atoms with Crippen molar-refractivity contribution in [3.63, 3.8) is 0 Å². The minimum Gasteiger partial charge on any atom is -0.491 e. The minimum atomic E-state index is -0.355. The number of benzene rings is 1. The van der Waals surface area contributed by atoms with Gasteiger partial charge >= 0.3 is 5.97 Å². The molecule has 1 unspecified atom stereocenters. The summed E-state index contributed by atoms with van der Waals surface area (Å²) in [5, 5.41) is 3.48. The number of esters is 1. The van der Waals surface area contributed by atoms with E-state index in [1.54, 1.807) is 24.3 Å². The molecule has 0 spiro atoms. The van der Waals surface area contributed by atoms with E-state index < -0.39 is 0 Å². The average molecular weight is 383 g/mol. The number of hydrogen-bond donors (Lipinski definition) is 1. The molecule has 1 aliphatic carbocycles. The van der Waals surface area contributed by atoms with Crippen molar-refractivity contribution >= 4 is 5.97 Å². The minimum absolute atomic E-state index is 0.0945. The third-order valence-electron chi connectivity index (χ3n) is 4.97. The van der Waals surface area contributed by atoms with Gasteiger partial charge in [-0.3, -0.25) is 0 Å². The van der Waals surface area contributed by atoms with Gasteiger partial charge in [0.1, 0.15) is 11.5 Å². The van der Waals surface area contributed by atoms with Crippen molar-refractivity contribution in [2.75, 3.05) is 20.6 Å². The van der Waals surface area contributed by atoms with Crippen LogP contribution in [0.2, 0.25) is 0 Å². The second-order valence-corrected chi connectivity index (χ2v) is 8.13. The normalized spacial score (nSPS) is 20.9. The zero-order valence-electron chi connectivity index (χ0n) is 17.4. The quantitative estimate of drug-likeness (QED) is 0.721. The molecule has 5 nitrogen and oxygen atoms in total. The smallest absolute Gasteiger partial charge is 0.343 e. The standard InChI is InChI=1S/C23H30N2O3/c1-16(2)27-19-10-8-17(9-11-19)22(26)28-20-7-6-13-23(3)21(20)18(15-24-23)12-14-25(4)5/h6-11,15-16,24H,12-14H2,1-5H3. The van der Waals surface area contributed by atoms with Crippen molar-refractivity contribution in [2.45, 2.75) is 45.3 Å². The molecule has 3 rings (SSSR count). The summed E-state index contributed by atoms with van der Waals surface area (Å²) in [5.74, 6) is 1.02. The lowest BCUT2D eigenvalue weighted by molar-refractivity contribution is 0.0630. The first kappa shape index (κ1) is 20.2. The lowest BCUT2D eigenvalue weighted by atomic mass is 9.82. The molecule has 0 radical (unpaired) electrons. The van der Waals surface area contributed by atoms with E-state index in [4.69, 9.17) is 9.47 Å². The number of nitrogens with zero attached hydrogens (tertiary/aromatic N) is 1. The lowest BCUT2D eigenvalue weighted by Crippen LogP contribution is -2.38. The first-order valence-corrected chi connectivity index (χ1v) is 9.80. The fraction of sp³-hybridized carbons (Fsp3) is 0.435. The monoisotopic (exact) mass is 382 g/mol. The van der Waals surface area contributed by atoms with Crippen LogP contribution in [0, 0.1) is 0 Å². The maximum Gasteiger partial charge on any atom is 0.343 e. The first-order valence-electron chi connectivity index (χ1n) is 9.80. The maximum absolute atomic E-state index is 12.7. The van der Waals surface area contributed by atoms with E-state index >= 15 is 0 Å². The van der Waals surface area contributed by atoms with Gasteiger partial charge < -0.3 is 19.7 Å². The molecular weight excluding hydrogens is 352 g/mol. The van der Waals surface area contributed by atoms with Gasteiger partial charge in [-0.2, -0.15) is 0 Å². The predicted molar refractivity (Wildman–Crippen MR) is 111 cm³/mol. The van der Waals surface area contributed by atoms with E-state index in [9.17, 15) is 4.79 Å². The van der Waals surface area contributed by atoms with E-state index in [0.717, 1.165) is 30.7 Å². The molecule has 0 amide bonds. The first-order chi connectivity index (χ1) is 13.3. The molecular formula is C23H30N2O3. The van der Waals surface area contributed by atoms with Crippen molar-refractivity contribution in [3.05, 3.63) is 65.1 Å². The van der Waals surface area contributed by atoms with Crippen molar-refractivity contribution in [2.24, 2.45) is 0 Å². The van der Waals surface area contributed by atoms with Crippen LogP contribution in [-0.2, 0) is 4.74 Å². The Morgan fingerprint density at radius 2 is 1.96 bits per heavy atom. The Bertz CT molecular complexity index is 819. The van der Waals surface area contributed by atoms with E-state index in [-0.39, 0.29) is 17.6 Å².